The molecule has 1 saturated heterocycles. The third-order valence-corrected chi connectivity index (χ3v) is 6.04. The summed E-state index contributed by atoms with van der Waals surface area (Å²) in [6.45, 7) is 2.83. The highest BCUT2D eigenvalue weighted by atomic mass is 16.5. The van der Waals surface area contributed by atoms with Crippen molar-refractivity contribution in [2.24, 2.45) is 17.3 Å². The van der Waals surface area contributed by atoms with Crippen LogP contribution in [0.1, 0.15) is 44.9 Å². The molecule has 5 aliphatic rings. The molecule has 2 unspecified atom stereocenters. The maximum absolute atomic E-state index is 12.6. The number of carbonyl (C=O) groups excluding carboxylic acids is 1. The fraction of sp³-hybridized carbons (Fsp3) is 0.938. The zero-order chi connectivity index (χ0) is 13.8. The topological polar surface area (TPSA) is 49.8 Å². The van der Waals surface area contributed by atoms with Crippen LogP contribution in [0.4, 0.5) is 0 Å². The molecule has 5 fully saturated rings. The van der Waals surface area contributed by atoms with Crippen molar-refractivity contribution in [1.82, 2.24) is 4.90 Å². The first-order valence-corrected chi connectivity index (χ1v) is 8.14. The van der Waals surface area contributed by atoms with E-state index in [4.69, 9.17) is 4.74 Å². The zero-order valence-electron chi connectivity index (χ0n) is 12.1. The Morgan fingerprint density at radius 3 is 2.40 bits per heavy atom. The predicted molar refractivity (Wildman–Crippen MR) is 74.1 cm³/mol. The summed E-state index contributed by atoms with van der Waals surface area (Å²) in [5.41, 5.74) is -0.344. The highest BCUT2D eigenvalue weighted by Gasteiger charge is 2.57. The number of nitrogens with zero attached hydrogens (tertiary/aromatic N) is 1. The van der Waals surface area contributed by atoms with Crippen molar-refractivity contribution in [2.45, 2.75) is 50.5 Å². The molecule has 0 spiro atoms. The van der Waals surface area contributed by atoms with Crippen molar-refractivity contribution < 1.29 is 14.6 Å². The quantitative estimate of drug-likeness (QED) is 0.834. The molecule has 20 heavy (non-hydrogen) atoms. The lowest BCUT2D eigenvalue weighted by atomic mass is 9.47. The SMILES string of the molecule is O=C(CC12CC3CC(CC(O)(C3)C1)C2)N1CCOCC1. The lowest BCUT2D eigenvalue weighted by Gasteiger charge is -2.60. The maximum Gasteiger partial charge on any atom is 0.223 e. The van der Waals surface area contributed by atoms with E-state index in [1.807, 2.05) is 4.90 Å². The van der Waals surface area contributed by atoms with Crippen LogP contribution in [0.2, 0.25) is 0 Å². The van der Waals surface area contributed by atoms with Gasteiger partial charge in [0.1, 0.15) is 0 Å². The summed E-state index contributed by atoms with van der Waals surface area (Å²) < 4.78 is 5.33. The Labute approximate surface area is 120 Å². The van der Waals surface area contributed by atoms with Gasteiger partial charge in [-0.05, 0) is 55.8 Å². The second kappa shape index (κ2) is 4.44. The van der Waals surface area contributed by atoms with Gasteiger partial charge in [0.05, 0.1) is 18.8 Å². The van der Waals surface area contributed by atoms with Crippen molar-refractivity contribution in [3.63, 3.8) is 0 Å². The van der Waals surface area contributed by atoms with E-state index < -0.39 is 5.60 Å². The molecule has 5 rings (SSSR count). The lowest BCUT2D eigenvalue weighted by Crippen LogP contribution is -2.57. The molecular formula is C16H25NO3. The summed E-state index contributed by atoms with van der Waals surface area (Å²) >= 11 is 0. The first kappa shape index (κ1) is 13.1. The van der Waals surface area contributed by atoms with Crippen LogP contribution in [0.15, 0.2) is 0 Å². The van der Waals surface area contributed by atoms with Crippen LogP contribution in [0.5, 0.6) is 0 Å². The van der Waals surface area contributed by atoms with Crippen molar-refractivity contribution >= 4 is 5.91 Å². The number of carbonyl (C=O) groups is 1. The van der Waals surface area contributed by atoms with E-state index >= 15 is 0 Å². The van der Waals surface area contributed by atoms with E-state index in [0.717, 1.165) is 32.4 Å². The Morgan fingerprint density at radius 1 is 1.15 bits per heavy atom. The Hall–Kier alpha value is -0.610. The van der Waals surface area contributed by atoms with Gasteiger partial charge in [0, 0.05) is 19.5 Å². The summed E-state index contributed by atoms with van der Waals surface area (Å²) in [6.07, 6.45) is 7.11. The molecule has 112 valence electrons. The molecule has 4 aliphatic carbocycles. The van der Waals surface area contributed by atoms with Gasteiger partial charge < -0.3 is 14.7 Å². The van der Waals surface area contributed by atoms with Gasteiger partial charge in [-0.1, -0.05) is 0 Å². The Kier molecular flexibility index (Phi) is 2.90. The fourth-order valence-corrected chi connectivity index (χ4v) is 5.85. The van der Waals surface area contributed by atoms with E-state index in [0.29, 0.717) is 37.4 Å². The van der Waals surface area contributed by atoms with Crippen molar-refractivity contribution in [3.8, 4) is 0 Å². The molecule has 1 aliphatic heterocycles. The van der Waals surface area contributed by atoms with Crippen LogP contribution < -0.4 is 0 Å². The van der Waals surface area contributed by atoms with Gasteiger partial charge in [-0.3, -0.25) is 4.79 Å². The molecule has 2 atom stereocenters. The largest absolute Gasteiger partial charge is 0.390 e. The lowest BCUT2D eigenvalue weighted by molar-refractivity contribution is -0.173. The van der Waals surface area contributed by atoms with Gasteiger partial charge >= 0.3 is 0 Å². The minimum atomic E-state index is -0.449. The van der Waals surface area contributed by atoms with Crippen molar-refractivity contribution in [2.75, 3.05) is 26.3 Å². The maximum atomic E-state index is 12.6. The molecule has 4 saturated carbocycles. The first-order chi connectivity index (χ1) is 9.56. The molecule has 0 aromatic rings. The second-order valence-electron chi connectivity index (χ2n) is 7.86. The number of aliphatic hydroxyl groups is 1. The minimum Gasteiger partial charge on any atom is -0.390 e. The number of hydrogen-bond acceptors (Lipinski definition) is 3. The molecular weight excluding hydrogens is 254 g/mol. The molecule has 1 N–H and O–H groups in total. The van der Waals surface area contributed by atoms with Gasteiger partial charge in [-0.15, -0.1) is 0 Å². The van der Waals surface area contributed by atoms with Crippen molar-refractivity contribution in [3.05, 3.63) is 0 Å². The first-order valence-electron chi connectivity index (χ1n) is 8.14. The number of amides is 1. The van der Waals surface area contributed by atoms with E-state index in [2.05, 4.69) is 0 Å². The molecule has 1 amide bonds. The summed E-state index contributed by atoms with van der Waals surface area (Å²) in [5.74, 6) is 1.62. The van der Waals surface area contributed by atoms with E-state index in [9.17, 15) is 9.90 Å². The Balaban J connectivity index is 1.49. The smallest absolute Gasteiger partial charge is 0.223 e. The van der Waals surface area contributed by atoms with E-state index in [-0.39, 0.29) is 5.41 Å². The average molecular weight is 279 g/mol. The zero-order valence-corrected chi connectivity index (χ0v) is 12.1. The van der Waals surface area contributed by atoms with Gasteiger partial charge in [-0.2, -0.15) is 0 Å². The summed E-state index contributed by atoms with van der Waals surface area (Å²) in [4.78, 5) is 14.5. The molecule has 0 aromatic heterocycles. The standard InChI is InChI=1S/C16H25NO3/c18-14(17-1-3-20-4-2-17)10-15-6-12-5-13(7-15)9-16(19,8-12)11-15/h12-13,19H,1-11H2. The van der Waals surface area contributed by atoms with Crippen LogP contribution in [-0.2, 0) is 9.53 Å². The van der Waals surface area contributed by atoms with Crippen LogP contribution in [0.3, 0.4) is 0 Å². The number of hydrogen-bond donors (Lipinski definition) is 1. The third-order valence-electron chi connectivity index (χ3n) is 6.04. The Morgan fingerprint density at radius 2 is 1.80 bits per heavy atom. The van der Waals surface area contributed by atoms with Crippen molar-refractivity contribution in [1.29, 1.82) is 0 Å². The van der Waals surface area contributed by atoms with E-state index in [1.165, 1.54) is 19.3 Å². The third kappa shape index (κ3) is 2.17. The Bertz CT molecular complexity index is 402. The van der Waals surface area contributed by atoms with Crippen LogP contribution >= 0.6 is 0 Å². The highest BCUT2D eigenvalue weighted by molar-refractivity contribution is 5.77. The second-order valence-corrected chi connectivity index (χ2v) is 7.86. The number of morpholine rings is 1. The molecule has 1 heterocycles. The summed E-state index contributed by atoms with van der Waals surface area (Å²) in [7, 11) is 0. The average Bonchev–Trinajstić information content (AvgIpc) is 2.36. The van der Waals surface area contributed by atoms with Crippen LogP contribution in [0, 0.1) is 17.3 Å². The molecule has 0 aromatic carbocycles. The fourth-order valence-electron chi connectivity index (χ4n) is 5.85. The van der Waals surface area contributed by atoms with Gasteiger partial charge in [-0.25, -0.2) is 0 Å². The monoisotopic (exact) mass is 279 g/mol. The highest BCUT2D eigenvalue weighted by Crippen LogP contribution is 2.62. The van der Waals surface area contributed by atoms with Gasteiger partial charge in [0.2, 0.25) is 5.91 Å². The summed E-state index contributed by atoms with van der Waals surface area (Å²) in [5, 5.41) is 10.7. The van der Waals surface area contributed by atoms with Gasteiger partial charge in [0.25, 0.3) is 0 Å². The number of ether oxygens (including phenoxy) is 1. The normalized spacial score (nSPS) is 46.8. The molecule has 4 heteroatoms. The minimum absolute atomic E-state index is 0.105. The van der Waals surface area contributed by atoms with E-state index in [1.54, 1.807) is 0 Å². The summed E-state index contributed by atoms with van der Waals surface area (Å²) in [6, 6.07) is 0. The van der Waals surface area contributed by atoms with Crippen LogP contribution in [-0.4, -0.2) is 47.8 Å². The molecule has 4 bridgehead atoms. The predicted octanol–water partition coefficient (Wildman–Crippen LogP) is 1.57. The molecule has 4 nitrogen and oxygen atoms in total. The van der Waals surface area contributed by atoms with Gasteiger partial charge in [0.15, 0.2) is 0 Å². The number of rotatable bonds is 2. The van der Waals surface area contributed by atoms with Crippen LogP contribution in [0.25, 0.3) is 0 Å². The molecule has 0 radical (unpaired) electrons.